The molecule has 1 nitrogen and oxygen atoms in total. The second-order valence-corrected chi connectivity index (χ2v) is 5.03. The second kappa shape index (κ2) is 3.13. The molecule has 0 aromatic heterocycles. The Morgan fingerprint density at radius 1 is 1.54 bits per heavy atom. The third-order valence-corrected chi connectivity index (χ3v) is 4.19. The highest BCUT2D eigenvalue weighted by atomic mass is 16.3. The summed E-state index contributed by atoms with van der Waals surface area (Å²) in [4.78, 5) is 0. The van der Waals surface area contributed by atoms with Gasteiger partial charge in [0.1, 0.15) is 0 Å². The largest absolute Gasteiger partial charge is 0.393 e. The van der Waals surface area contributed by atoms with Crippen LogP contribution in [-0.2, 0) is 0 Å². The summed E-state index contributed by atoms with van der Waals surface area (Å²) < 4.78 is 0. The molecule has 1 saturated carbocycles. The van der Waals surface area contributed by atoms with Crippen molar-refractivity contribution < 1.29 is 5.11 Å². The lowest BCUT2D eigenvalue weighted by molar-refractivity contribution is 0.0604. The van der Waals surface area contributed by atoms with Crippen molar-refractivity contribution in [2.24, 2.45) is 11.3 Å². The maximum absolute atomic E-state index is 9.69. The summed E-state index contributed by atoms with van der Waals surface area (Å²) in [6, 6.07) is 0. The fourth-order valence-electron chi connectivity index (χ4n) is 3.02. The number of hydrogen-bond donors (Lipinski definition) is 1. The van der Waals surface area contributed by atoms with E-state index in [2.05, 4.69) is 19.9 Å². The predicted octanol–water partition coefficient (Wildman–Crippen LogP) is 2.89. The molecule has 0 heterocycles. The number of fused-ring (bicyclic) bond motifs is 1. The van der Waals surface area contributed by atoms with Crippen molar-refractivity contribution in [2.45, 2.75) is 52.1 Å². The third kappa shape index (κ3) is 1.43. The summed E-state index contributed by atoms with van der Waals surface area (Å²) in [5.74, 6) is 0.655. The van der Waals surface area contributed by atoms with Crippen LogP contribution < -0.4 is 0 Å². The third-order valence-electron chi connectivity index (χ3n) is 4.19. The van der Waals surface area contributed by atoms with Crippen LogP contribution in [0.4, 0.5) is 0 Å². The number of rotatable bonds is 0. The molecule has 3 atom stereocenters. The van der Waals surface area contributed by atoms with Gasteiger partial charge in [-0.3, -0.25) is 0 Å². The molecule has 0 unspecified atom stereocenters. The van der Waals surface area contributed by atoms with Crippen LogP contribution in [0.1, 0.15) is 46.0 Å². The standard InChI is InChI=1S/C12H20O/c1-9-7-11(13)8-10-5-3-4-6-12(9,10)2/h5,9,11,13H,3-4,6-8H2,1-2H3/t9-,11-,12-/m0/s1. The SMILES string of the molecule is C[C@H]1C[C@H](O)CC2=CCCC[C@]21C. The molecule has 0 aromatic carbocycles. The van der Waals surface area contributed by atoms with E-state index < -0.39 is 0 Å². The molecular weight excluding hydrogens is 160 g/mol. The molecule has 0 aliphatic heterocycles. The molecule has 13 heavy (non-hydrogen) atoms. The first-order chi connectivity index (χ1) is 6.13. The van der Waals surface area contributed by atoms with E-state index in [9.17, 15) is 5.11 Å². The van der Waals surface area contributed by atoms with Crippen molar-refractivity contribution >= 4 is 0 Å². The van der Waals surface area contributed by atoms with Gasteiger partial charge in [0, 0.05) is 0 Å². The summed E-state index contributed by atoms with van der Waals surface area (Å²) in [6.45, 7) is 4.68. The average molecular weight is 180 g/mol. The fourth-order valence-corrected chi connectivity index (χ4v) is 3.02. The second-order valence-electron chi connectivity index (χ2n) is 5.03. The molecule has 0 bridgehead atoms. The Bertz CT molecular complexity index is 231. The van der Waals surface area contributed by atoms with Crippen LogP contribution in [0.2, 0.25) is 0 Å². The summed E-state index contributed by atoms with van der Waals surface area (Å²) >= 11 is 0. The topological polar surface area (TPSA) is 20.2 Å². The quantitative estimate of drug-likeness (QED) is 0.568. The van der Waals surface area contributed by atoms with Gasteiger partial charge in [0.25, 0.3) is 0 Å². The Hall–Kier alpha value is -0.300. The zero-order valence-electron chi connectivity index (χ0n) is 8.71. The van der Waals surface area contributed by atoms with E-state index in [1.54, 1.807) is 0 Å². The van der Waals surface area contributed by atoms with Gasteiger partial charge in [0.05, 0.1) is 6.10 Å². The number of aliphatic hydroxyl groups excluding tert-OH is 1. The highest BCUT2D eigenvalue weighted by molar-refractivity contribution is 5.21. The van der Waals surface area contributed by atoms with Crippen LogP contribution in [-0.4, -0.2) is 11.2 Å². The highest BCUT2D eigenvalue weighted by Crippen LogP contribution is 2.50. The summed E-state index contributed by atoms with van der Waals surface area (Å²) in [5.41, 5.74) is 1.95. The molecule has 0 spiro atoms. The Labute approximate surface area is 80.8 Å². The molecule has 0 radical (unpaired) electrons. The van der Waals surface area contributed by atoms with Crippen LogP contribution in [0.15, 0.2) is 11.6 Å². The van der Waals surface area contributed by atoms with Crippen LogP contribution in [0, 0.1) is 11.3 Å². The Morgan fingerprint density at radius 3 is 3.08 bits per heavy atom. The van der Waals surface area contributed by atoms with Crippen molar-refractivity contribution in [3.8, 4) is 0 Å². The van der Waals surface area contributed by atoms with E-state index >= 15 is 0 Å². The maximum Gasteiger partial charge on any atom is 0.0580 e. The minimum atomic E-state index is -0.0765. The zero-order chi connectivity index (χ0) is 9.47. The predicted molar refractivity (Wildman–Crippen MR) is 54.4 cm³/mol. The molecule has 1 heteroatoms. The Kier molecular flexibility index (Phi) is 2.23. The molecule has 1 N–H and O–H groups in total. The summed E-state index contributed by atoms with van der Waals surface area (Å²) in [7, 11) is 0. The summed E-state index contributed by atoms with van der Waals surface area (Å²) in [6.07, 6.45) is 8.11. The number of aliphatic hydroxyl groups is 1. The van der Waals surface area contributed by atoms with Gasteiger partial charge in [0.15, 0.2) is 0 Å². The van der Waals surface area contributed by atoms with Gasteiger partial charge in [-0.05, 0) is 43.4 Å². The highest BCUT2D eigenvalue weighted by Gasteiger charge is 2.41. The van der Waals surface area contributed by atoms with Crippen molar-refractivity contribution in [3.05, 3.63) is 11.6 Å². The molecule has 0 amide bonds. The van der Waals surface area contributed by atoms with E-state index in [-0.39, 0.29) is 6.10 Å². The van der Waals surface area contributed by atoms with E-state index in [0.717, 1.165) is 12.8 Å². The van der Waals surface area contributed by atoms with Crippen molar-refractivity contribution in [1.29, 1.82) is 0 Å². The van der Waals surface area contributed by atoms with E-state index in [1.165, 1.54) is 24.8 Å². The van der Waals surface area contributed by atoms with Gasteiger partial charge in [0.2, 0.25) is 0 Å². The number of allylic oxidation sites excluding steroid dienone is 1. The zero-order valence-corrected chi connectivity index (χ0v) is 8.71. The lowest BCUT2D eigenvalue weighted by atomic mass is 9.60. The first-order valence-corrected chi connectivity index (χ1v) is 5.50. The lowest BCUT2D eigenvalue weighted by Gasteiger charge is -2.46. The van der Waals surface area contributed by atoms with E-state index in [4.69, 9.17) is 0 Å². The maximum atomic E-state index is 9.69. The normalized spacial score (nSPS) is 45.3. The molecule has 1 fully saturated rings. The fraction of sp³-hybridized carbons (Fsp3) is 0.833. The van der Waals surface area contributed by atoms with E-state index in [0.29, 0.717) is 11.3 Å². The first kappa shape index (κ1) is 9.26. The molecule has 74 valence electrons. The van der Waals surface area contributed by atoms with Crippen LogP contribution in [0.5, 0.6) is 0 Å². The Morgan fingerprint density at radius 2 is 2.31 bits per heavy atom. The van der Waals surface area contributed by atoms with Gasteiger partial charge in [-0.2, -0.15) is 0 Å². The summed E-state index contributed by atoms with van der Waals surface area (Å²) in [5, 5.41) is 9.69. The minimum absolute atomic E-state index is 0.0765. The van der Waals surface area contributed by atoms with Gasteiger partial charge < -0.3 is 5.11 Å². The Balaban J connectivity index is 2.27. The molecule has 2 aliphatic carbocycles. The van der Waals surface area contributed by atoms with Crippen molar-refractivity contribution in [1.82, 2.24) is 0 Å². The minimum Gasteiger partial charge on any atom is -0.393 e. The van der Waals surface area contributed by atoms with Gasteiger partial charge in [-0.25, -0.2) is 0 Å². The lowest BCUT2D eigenvalue weighted by Crippen LogP contribution is -2.38. The molecule has 0 aromatic rings. The molecule has 2 rings (SSSR count). The molecular formula is C12H20O. The van der Waals surface area contributed by atoms with Crippen LogP contribution in [0.25, 0.3) is 0 Å². The van der Waals surface area contributed by atoms with Crippen LogP contribution in [0.3, 0.4) is 0 Å². The molecule has 2 aliphatic rings. The van der Waals surface area contributed by atoms with Crippen LogP contribution >= 0.6 is 0 Å². The molecule has 0 saturated heterocycles. The van der Waals surface area contributed by atoms with E-state index in [1.807, 2.05) is 0 Å². The van der Waals surface area contributed by atoms with Gasteiger partial charge in [-0.1, -0.05) is 25.5 Å². The van der Waals surface area contributed by atoms with Gasteiger partial charge in [-0.15, -0.1) is 0 Å². The van der Waals surface area contributed by atoms with Crippen molar-refractivity contribution in [2.75, 3.05) is 0 Å². The average Bonchev–Trinajstić information content (AvgIpc) is 2.07. The smallest absolute Gasteiger partial charge is 0.0580 e. The number of hydrogen-bond acceptors (Lipinski definition) is 1. The monoisotopic (exact) mass is 180 g/mol. The van der Waals surface area contributed by atoms with Gasteiger partial charge >= 0.3 is 0 Å². The van der Waals surface area contributed by atoms with Crippen molar-refractivity contribution in [3.63, 3.8) is 0 Å². The first-order valence-electron chi connectivity index (χ1n) is 5.50.